The molecule has 1 aromatic carbocycles. The molecule has 0 atom stereocenters. The highest BCUT2D eigenvalue weighted by Gasteiger charge is 2.19. The van der Waals surface area contributed by atoms with Crippen LogP contribution >= 0.6 is 0 Å². The smallest absolute Gasteiger partial charge is 0.0230 e. The van der Waals surface area contributed by atoms with Crippen molar-refractivity contribution in [3.05, 3.63) is 35.4 Å². The molecular weight excluding hydrogens is 218 g/mol. The summed E-state index contributed by atoms with van der Waals surface area (Å²) in [5, 5.41) is 0. The summed E-state index contributed by atoms with van der Waals surface area (Å²) in [6.45, 7) is 9.15. The van der Waals surface area contributed by atoms with Crippen LogP contribution in [0, 0.1) is 5.92 Å². The first-order chi connectivity index (χ1) is 8.45. The van der Waals surface area contributed by atoms with Crippen LogP contribution in [0.15, 0.2) is 24.3 Å². The zero-order valence-electron chi connectivity index (χ0n) is 12.4. The molecule has 0 heterocycles. The molecule has 0 radical (unpaired) electrons. The molecule has 1 aliphatic rings. The van der Waals surface area contributed by atoms with Crippen molar-refractivity contribution in [3.63, 3.8) is 0 Å². The van der Waals surface area contributed by atoms with Crippen molar-refractivity contribution >= 4 is 0 Å². The van der Waals surface area contributed by atoms with Crippen LogP contribution in [0.4, 0.5) is 0 Å². The molecule has 0 amide bonds. The maximum Gasteiger partial charge on any atom is 0.0230 e. The molecule has 18 heavy (non-hydrogen) atoms. The zero-order chi connectivity index (χ0) is 13.2. The SMILES string of the molecule is CN(Cc1ccc(C(C)(C)C)cc1)CC1CCC1. The van der Waals surface area contributed by atoms with E-state index >= 15 is 0 Å². The Morgan fingerprint density at radius 1 is 1.11 bits per heavy atom. The molecule has 0 aromatic heterocycles. The summed E-state index contributed by atoms with van der Waals surface area (Å²) in [6, 6.07) is 9.15. The molecule has 0 unspecified atom stereocenters. The second kappa shape index (κ2) is 5.44. The fourth-order valence-electron chi connectivity index (χ4n) is 2.60. The molecule has 1 heteroatoms. The highest BCUT2D eigenvalue weighted by molar-refractivity contribution is 5.27. The first-order valence-corrected chi connectivity index (χ1v) is 7.23. The summed E-state index contributed by atoms with van der Waals surface area (Å²) in [7, 11) is 2.25. The number of benzene rings is 1. The average Bonchev–Trinajstić information content (AvgIpc) is 2.23. The number of nitrogens with zero attached hydrogens (tertiary/aromatic N) is 1. The molecular formula is C17H27N. The standard InChI is InChI=1S/C17H27N/c1-17(2,3)16-10-8-15(9-11-16)13-18(4)12-14-6-5-7-14/h8-11,14H,5-7,12-13H2,1-4H3. The van der Waals surface area contributed by atoms with E-state index in [9.17, 15) is 0 Å². The molecule has 1 saturated carbocycles. The average molecular weight is 245 g/mol. The molecule has 100 valence electrons. The predicted molar refractivity (Wildman–Crippen MR) is 78.8 cm³/mol. The van der Waals surface area contributed by atoms with E-state index in [0.29, 0.717) is 0 Å². The minimum atomic E-state index is 0.260. The van der Waals surface area contributed by atoms with Crippen LogP contribution in [0.5, 0.6) is 0 Å². The normalized spacial score (nSPS) is 16.9. The van der Waals surface area contributed by atoms with Crippen LogP contribution in [-0.4, -0.2) is 18.5 Å². The summed E-state index contributed by atoms with van der Waals surface area (Å²) in [6.07, 6.45) is 4.32. The van der Waals surface area contributed by atoms with E-state index in [2.05, 4.69) is 57.0 Å². The van der Waals surface area contributed by atoms with Crippen molar-refractivity contribution in [2.24, 2.45) is 5.92 Å². The molecule has 0 aliphatic heterocycles. The molecule has 2 rings (SSSR count). The Balaban J connectivity index is 1.89. The predicted octanol–water partition coefficient (Wildman–Crippen LogP) is 4.22. The quantitative estimate of drug-likeness (QED) is 0.768. The van der Waals surface area contributed by atoms with Gasteiger partial charge in [-0.15, -0.1) is 0 Å². The highest BCUT2D eigenvalue weighted by Crippen LogP contribution is 2.27. The monoisotopic (exact) mass is 245 g/mol. The van der Waals surface area contributed by atoms with E-state index < -0.39 is 0 Å². The fraction of sp³-hybridized carbons (Fsp3) is 0.647. The first kappa shape index (κ1) is 13.6. The third-order valence-corrected chi connectivity index (χ3v) is 4.07. The highest BCUT2D eigenvalue weighted by atomic mass is 15.1. The molecule has 0 spiro atoms. The van der Waals surface area contributed by atoms with Gasteiger partial charge < -0.3 is 4.90 Å². The van der Waals surface area contributed by atoms with Crippen LogP contribution in [0.1, 0.15) is 51.2 Å². The Kier molecular flexibility index (Phi) is 4.11. The summed E-state index contributed by atoms with van der Waals surface area (Å²) in [5.74, 6) is 0.962. The van der Waals surface area contributed by atoms with Crippen LogP contribution in [-0.2, 0) is 12.0 Å². The minimum absolute atomic E-state index is 0.260. The van der Waals surface area contributed by atoms with Gasteiger partial charge in [0.1, 0.15) is 0 Å². The van der Waals surface area contributed by atoms with Gasteiger partial charge in [0.15, 0.2) is 0 Å². The van der Waals surface area contributed by atoms with Gasteiger partial charge in [-0.25, -0.2) is 0 Å². The lowest BCUT2D eigenvalue weighted by Gasteiger charge is -2.30. The topological polar surface area (TPSA) is 3.24 Å². The summed E-state index contributed by atoms with van der Waals surface area (Å²) >= 11 is 0. The van der Waals surface area contributed by atoms with Gasteiger partial charge in [-0.05, 0) is 42.3 Å². The molecule has 1 aromatic rings. The largest absolute Gasteiger partial charge is 0.302 e. The molecule has 1 fully saturated rings. The van der Waals surface area contributed by atoms with Gasteiger partial charge in [-0.3, -0.25) is 0 Å². The Hall–Kier alpha value is -0.820. The van der Waals surface area contributed by atoms with Crippen molar-refractivity contribution in [3.8, 4) is 0 Å². The van der Waals surface area contributed by atoms with Gasteiger partial charge in [0.05, 0.1) is 0 Å². The maximum atomic E-state index is 2.47. The van der Waals surface area contributed by atoms with E-state index in [4.69, 9.17) is 0 Å². The van der Waals surface area contributed by atoms with Crippen molar-refractivity contribution in [2.45, 2.75) is 52.0 Å². The van der Waals surface area contributed by atoms with E-state index in [1.54, 1.807) is 0 Å². The van der Waals surface area contributed by atoms with E-state index in [1.807, 2.05) is 0 Å². The molecule has 1 nitrogen and oxygen atoms in total. The van der Waals surface area contributed by atoms with Gasteiger partial charge in [0, 0.05) is 13.1 Å². The van der Waals surface area contributed by atoms with Crippen LogP contribution in [0.3, 0.4) is 0 Å². The Morgan fingerprint density at radius 2 is 1.72 bits per heavy atom. The second-order valence-corrected chi connectivity index (χ2v) is 6.94. The Morgan fingerprint density at radius 3 is 2.17 bits per heavy atom. The van der Waals surface area contributed by atoms with Crippen molar-refractivity contribution in [1.82, 2.24) is 4.90 Å². The number of hydrogen-bond donors (Lipinski definition) is 0. The van der Waals surface area contributed by atoms with Gasteiger partial charge in [-0.2, -0.15) is 0 Å². The lowest BCUT2D eigenvalue weighted by molar-refractivity contribution is 0.200. The van der Waals surface area contributed by atoms with Crippen LogP contribution in [0.2, 0.25) is 0 Å². The van der Waals surface area contributed by atoms with Gasteiger partial charge in [0.2, 0.25) is 0 Å². The number of rotatable bonds is 4. The van der Waals surface area contributed by atoms with Crippen molar-refractivity contribution in [2.75, 3.05) is 13.6 Å². The summed E-state index contributed by atoms with van der Waals surface area (Å²) in [5.41, 5.74) is 3.12. The van der Waals surface area contributed by atoms with Gasteiger partial charge >= 0.3 is 0 Å². The summed E-state index contributed by atoms with van der Waals surface area (Å²) < 4.78 is 0. The lowest BCUT2D eigenvalue weighted by atomic mass is 9.85. The first-order valence-electron chi connectivity index (χ1n) is 7.23. The molecule has 1 aliphatic carbocycles. The number of hydrogen-bond acceptors (Lipinski definition) is 1. The van der Waals surface area contributed by atoms with Crippen LogP contribution < -0.4 is 0 Å². The third kappa shape index (κ3) is 3.58. The zero-order valence-corrected chi connectivity index (χ0v) is 12.4. The van der Waals surface area contributed by atoms with Crippen LogP contribution in [0.25, 0.3) is 0 Å². The van der Waals surface area contributed by atoms with Crippen molar-refractivity contribution < 1.29 is 0 Å². The Labute approximate surface area is 112 Å². The minimum Gasteiger partial charge on any atom is -0.302 e. The van der Waals surface area contributed by atoms with Gasteiger partial charge in [-0.1, -0.05) is 51.5 Å². The second-order valence-electron chi connectivity index (χ2n) is 6.94. The lowest BCUT2D eigenvalue weighted by Crippen LogP contribution is -2.29. The van der Waals surface area contributed by atoms with Crippen molar-refractivity contribution in [1.29, 1.82) is 0 Å². The Bertz CT molecular complexity index is 368. The fourth-order valence-corrected chi connectivity index (χ4v) is 2.60. The summed E-state index contributed by atoms with van der Waals surface area (Å²) in [4.78, 5) is 2.47. The maximum absolute atomic E-state index is 2.47. The molecule has 0 saturated heterocycles. The molecule has 0 N–H and O–H groups in total. The van der Waals surface area contributed by atoms with E-state index in [-0.39, 0.29) is 5.41 Å². The van der Waals surface area contributed by atoms with Gasteiger partial charge in [0.25, 0.3) is 0 Å². The third-order valence-electron chi connectivity index (χ3n) is 4.07. The van der Waals surface area contributed by atoms with E-state index in [1.165, 1.54) is 36.9 Å². The van der Waals surface area contributed by atoms with E-state index in [0.717, 1.165) is 12.5 Å². The molecule has 0 bridgehead atoms.